The minimum absolute atomic E-state index is 0.0278. The molecule has 1 aliphatic heterocycles. The summed E-state index contributed by atoms with van der Waals surface area (Å²) < 4.78 is 6.27. The highest BCUT2D eigenvalue weighted by molar-refractivity contribution is 9.11. The smallest absolute Gasteiger partial charge is 0.306 e. The lowest BCUT2D eigenvalue weighted by atomic mass is 9.97. The number of halogens is 1. The van der Waals surface area contributed by atoms with Crippen LogP contribution in [-0.4, -0.2) is 12.1 Å². The summed E-state index contributed by atoms with van der Waals surface area (Å²) in [5.41, 5.74) is 0. The molecule has 12 heavy (non-hydrogen) atoms. The highest BCUT2D eigenvalue weighted by Gasteiger charge is 2.36. The lowest BCUT2D eigenvalue weighted by Gasteiger charge is -2.13. The van der Waals surface area contributed by atoms with E-state index in [-0.39, 0.29) is 12.1 Å². The molecule has 2 rings (SSSR count). The molecule has 0 amide bonds. The molecule has 2 atom stereocenters. The molecule has 66 valence electrons. The van der Waals surface area contributed by atoms with Gasteiger partial charge in [-0.25, -0.2) is 0 Å². The second-order valence-corrected chi connectivity index (χ2v) is 4.31. The molecule has 3 heteroatoms. The van der Waals surface area contributed by atoms with E-state index in [4.69, 9.17) is 4.74 Å². The minimum atomic E-state index is -0.0442. The topological polar surface area (TPSA) is 26.3 Å². The zero-order valence-corrected chi connectivity index (χ0v) is 8.34. The molecule has 0 N–H and O–H groups in total. The van der Waals surface area contributed by atoms with Crippen molar-refractivity contribution in [3.8, 4) is 0 Å². The molecule has 0 aromatic rings. The summed E-state index contributed by atoms with van der Waals surface area (Å²) in [5, 5.41) is 0. The van der Waals surface area contributed by atoms with Gasteiger partial charge >= 0.3 is 5.97 Å². The fourth-order valence-corrected chi connectivity index (χ4v) is 2.57. The molecule has 2 nitrogen and oxygen atoms in total. The van der Waals surface area contributed by atoms with Crippen molar-refractivity contribution >= 4 is 21.9 Å². The van der Waals surface area contributed by atoms with Crippen LogP contribution in [0.4, 0.5) is 0 Å². The summed E-state index contributed by atoms with van der Waals surface area (Å²) in [5.74, 6) is 0.378. The highest BCUT2D eigenvalue weighted by atomic mass is 79.9. The third kappa shape index (κ3) is 1.42. The first-order valence-corrected chi connectivity index (χ1v) is 5.11. The lowest BCUT2D eigenvalue weighted by Crippen LogP contribution is -2.14. The summed E-state index contributed by atoms with van der Waals surface area (Å²) >= 11 is 3.46. The zero-order valence-electron chi connectivity index (χ0n) is 6.75. The number of rotatable bonds is 0. The first kappa shape index (κ1) is 8.30. The Morgan fingerprint density at radius 3 is 3.25 bits per heavy atom. The Morgan fingerprint density at radius 1 is 1.58 bits per heavy atom. The van der Waals surface area contributed by atoms with Crippen LogP contribution in [0.1, 0.15) is 25.7 Å². The molecule has 0 aromatic carbocycles. The minimum Gasteiger partial charge on any atom is -0.457 e. The van der Waals surface area contributed by atoms with Crippen molar-refractivity contribution < 1.29 is 9.53 Å². The van der Waals surface area contributed by atoms with Gasteiger partial charge in [0.05, 0.1) is 6.42 Å². The Morgan fingerprint density at radius 2 is 2.42 bits per heavy atom. The molecule has 0 saturated carbocycles. The maximum atomic E-state index is 11.0. The monoisotopic (exact) mass is 230 g/mol. The number of fused-ring (bicyclic) bond motifs is 1. The van der Waals surface area contributed by atoms with Gasteiger partial charge in [-0.05, 0) is 19.3 Å². The molecule has 0 aromatic heterocycles. The second kappa shape index (κ2) is 3.21. The Labute approximate surface area is 80.1 Å². The van der Waals surface area contributed by atoms with E-state index in [1.807, 2.05) is 0 Å². The fourth-order valence-electron chi connectivity index (χ4n) is 1.88. The standard InChI is InChI=1S/C9H11BrO2/c10-7-4-2-1-3-6-5-8(11)12-9(6)7/h4,6,9H,1-3,5H2/t6-,9-/m1/s1. The third-order valence-corrected chi connectivity index (χ3v) is 3.28. The maximum Gasteiger partial charge on any atom is 0.306 e. The molecule has 1 saturated heterocycles. The average Bonchev–Trinajstić information content (AvgIpc) is 2.33. The van der Waals surface area contributed by atoms with Crippen LogP contribution >= 0.6 is 15.9 Å². The van der Waals surface area contributed by atoms with Crippen molar-refractivity contribution in [3.05, 3.63) is 10.6 Å². The van der Waals surface area contributed by atoms with Crippen molar-refractivity contribution in [2.24, 2.45) is 5.92 Å². The van der Waals surface area contributed by atoms with Crippen LogP contribution < -0.4 is 0 Å². The van der Waals surface area contributed by atoms with Crippen molar-refractivity contribution in [1.29, 1.82) is 0 Å². The quantitative estimate of drug-likeness (QED) is 0.598. The lowest BCUT2D eigenvalue weighted by molar-refractivity contribution is -0.140. The van der Waals surface area contributed by atoms with Crippen molar-refractivity contribution in [3.63, 3.8) is 0 Å². The Balaban J connectivity index is 2.19. The number of esters is 1. The first-order chi connectivity index (χ1) is 5.77. The number of ether oxygens (including phenoxy) is 1. The van der Waals surface area contributed by atoms with Crippen LogP contribution in [-0.2, 0) is 9.53 Å². The number of hydrogen-bond donors (Lipinski definition) is 0. The highest BCUT2D eigenvalue weighted by Crippen LogP contribution is 2.36. The Kier molecular flexibility index (Phi) is 2.22. The molecule has 1 fully saturated rings. The number of carbonyl (C=O) groups excluding carboxylic acids is 1. The van der Waals surface area contributed by atoms with E-state index in [1.54, 1.807) is 0 Å². The molecule has 1 aliphatic carbocycles. The van der Waals surface area contributed by atoms with E-state index >= 15 is 0 Å². The first-order valence-electron chi connectivity index (χ1n) is 4.32. The second-order valence-electron chi connectivity index (χ2n) is 3.39. The van der Waals surface area contributed by atoms with Gasteiger partial charge in [-0.1, -0.05) is 22.0 Å². The Bertz CT molecular complexity index is 235. The predicted molar refractivity (Wildman–Crippen MR) is 48.8 cm³/mol. The van der Waals surface area contributed by atoms with Crippen molar-refractivity contribution in [2.45, 2.75) is 31.8 Å². The van der Waals surface area contributed by atoms with Crippen molar-refractivity contribution in [1.82, 2.24) is 0 Å². The van der Waals surface area contributed by atoms with Crippen LogP contribution in [0.15, 0.2) is 10.6 Å². The van der Waals surface area contributed by atoms with Crippen LogP contribution in [0.25, 0.3) is 0 Å². The van der Waals surface area contributed by atoms with Crippen LogP contribution in [0.2, 0.25) is 0 Å². The van der Waals surface area contributed by atoms with Crippen LogP contribution in [0.5, 0.6) is 0 Å². The number of carbonyl (C=O) groups is 1. The summed E-state index contributed by atoms with van der Waals surface area (Å²) in [7, 11) is 0. The average molecular weight is 231 g/mol. The Hall–Kier alpha value is -0.310. The largest absolute Gasteiger partial charge is 0.457 e. The van der Waals surface area contributed by atoms with E-state index in [1.165, 1.54) is 6.42 Å². The third-order valence-electron chi connectivity index (χ3n) is 2.51. The normalized spacial score (nSPS) is 35.1. The van der Waals surface area contributed by atoms with Crippen LogP contribution in [0, 0.1) is 5.92 Å². The van der Waals surface area contributed by atoms with Gasteiger partial charge in [-0.3, -0.25) is 4.79 Å². The maximum absolute atomic E-state index is 11.0. The van der Waals surface area contributed by atoms with E-state index in [2.05, 4.69) is 22.0 Å². The van der Waals surface area contributed by atoms with E-state index < -0.39 is 0 Å². The van der Waals surface area contributed by atoms with Gasteiger partial charge in [-0.2, -0.15) is 0 Å². The molecule has 0 unspecified atom stereocenters. The number of allylic oxidation sites excluding steroid dienone is 1. The van der Waals surface area contributed by atoms with Gasteiger partial charge in [0.25, 0.3) is 0 Å². The summed E-state index contributed by atoms with van der Waals surface area (Å²) in [6.45, 7) is 0. The van der Waals surface area contributed by atoms with E-state index in [0.717, 1.165) is 17.3 Å². The fraction of sp³-hybridized carbons (Fsp3) is 0.667. The van der Waals surface area contributed by atoms with Crippen LogP contribution in [0.3, 0.4) is 0 Å². The van der Waals surface area contributed by atoms with Crippen molar-refractivity contribution in [2.75, 3.05) is 0 Å². The van der Waals surface area contributed by atoms with E-state index in [0.29, 0.717) is 12.3 Å². The molecule has 2 aliphatic rings. The molecular weight excluding hydrogens is 220 g/mol. The molecule has 0 radical (unpaired) electrons. The number of hydrogen-bond acceptors (Lipinski definition) is 2. The molecule has 0 spiro atoms. The SMILES string of the molecule is O=C1C[C@H]2CCCC=C(Br)[C@@H]2O1. The molecule has 0 bridgehead atoms. The summed E-state index contributed by atoms with van der Waals surface area (Å²) in [6.07, 6.45) is 6.15. The summed E-state index contributed by atoms with van der Waals surface area (Å²) in [4.78, 5) is 11.0. The van der Waals surface area contributed by atoms with Gasteiger partial charge in [0.2, 0.25) is 0 Å². The summed E-state index contributed by atoms with van der Waals surface area (Å²) in [6, 6.07) is 0. The van der Waals surface area contributed by atoms with Gasteiger partial charge in [0.15, 0.2) is 0 Å². The van der Waals surface area contributed by atoms with Gasteiger partial charge in [-0.15, -0.1) is 0 Å². The molecular formula is C9H11BrO2. The van der Waals surface area contributed by atoms with Gasteiger partial charge in [0.1, 0.15) is 6.10 Å². The zero-order chi connectivity index (χ0) is 8.55. The van der Waals surface area contributed by atoms with Gasteiger partial charge < -0.3 is 4.74 Å². The predicted octanol–water partition coefficient (Wildman–Crippen LogP) is 2.38. The molecule has 1 heterocycles. The van der Waals surface area contributed by atoms with E-state index in [9.17, 15) is 4.79 Å². The van der Waals surface area contributed by atoms with Gasteiger partial charge in [0, 0.05) is 10.4 Å².